The Morgan fingerprint density at radius 1 is 1.18 bits per heavy atom. The number of pyridine rings is 1. The number of thiazole rings is 1. The largest absolute Gasteiger partial charge is 0.487 e. The minimum atomic E-state index is -0.167. The zero-order valence-corrected chi connectivity index (χ0v) is 15.7. The number of nitrogens with zero attached hydrogens (tertiary/aromatic N) is 4. The first-order valence-electron chi connectivity index (χ1n) is 8.59. The van der Waals surface area contributed by atoms with Crippen LogP contribution in [0.3, 0.4) is 0 Å². The predicted octanol–water partition coefficient (Wildman–Crippen LogP) is 3.23. The zero-order valence-electron chi connectivity index (χ0n) is 14.9. The molecule has 0 aliphatic heterocycles. The zero-order chi connectivity index (χ0) is 19.2. The van der Waals surface area contributed by atoms with E-state index in [0.717, 1.165) is 17.1 Å². The molecule has 0 radical (unpaired) electrons. The third kappa shape index (κ3) is 4.41. The van der Waals surface area contributed by atoms with Crippen LogP contribution in [-0.2, 0) is 13.2 Å². The number of carbonyl (C=O) groups excluding carboxylic acids is 1. The van der Waals surface area contributed by atoms with E-state index in [-0.39, 0.29) is 5.91 Å². The molecule has 1 N–H and O–H groups in total. The normalized spacial score (nSPS) is 10.6. The Labute approximate surface area is 165 Å². The van der Waals surface area contributed by atoms with Gasteiger partial charge in [0.25, 0.3) is 5.91 Å². The molecule has 4 rings (SSSR count). The number of imidazole rings is 1. The summed E-state index contributed by atoms with van der Waals surface area (Å²) in [6, 6.07) is 10.9. The fraction of sp³-hybridized carbons (Fsp3) is 0.100. The molecule has 1 amide bonds. The quantitative estimate of drug-likeness (QED) is 0.523. The molecule has 3 heterocycles. The molecule has 0 unspecified atom stereocenters. The molecule has 0 saturated heterocycles. The molecule has 3 aromatic heterocycles. The van der Waals surface area contributed by atoms with Gasteiger partial charge in [-0.05, 0) is 35.9 Å². The second-order valence-electron chi connectivity index (χ2n) is 5.97. The summed E-state index contributed by atoms with van der Waals surface area (Å²) in [6.45, 7) is 0.773. The molecule has 4 aromatic rings. The number of rotatable bonds is 7. The van der Waals surface area contributed by atoms with E-state index in [9.17, 15) is 4.79 Å². The first-order chi connectivity index (χ1) is 13.8. The van der Waals surface area contributed by atoms with E-state index >= 15 is 0 Å². The van der Waals surface area contributed by atoms with Crippen LogP contribution in [-0.4, -0.2) is 25.4 Å². The summed E-state index contributed by atoms with van der Waals surface area (Å²) in [6.07, 6.45) is 6.91. The van der Waals surface area contributed by atoms with Gasteiger partial charge in [-0.2, -0.15) is 0 Å². The van der Waals surface area contributed by atoms with Crippen molar-refractivity contribution in [2.75, 3.05) is 0 Å². The van der Waals surface area contributed by atoms with Gasteiger partial charge in [0.1, 0.15) is 24.5 Å². The van der Waals surface area contributed by atoms with E-state index in [2.05, 4.69) is 20.3 Å². The maximum absolute atomic E-state index is 12.5. The molecule has 0 aliphatic carbocycles. The van der Waals surface area contributed by atoms with Crippen LogP contribution in [0.25, 0.3) is 5.82 Å². The molecule has 0 bridgehead atoms. The minimum Gasteiger partial charge on any atom is -0.487 e. The van der Waals surface area contributed by atoms with E-state index in [1.54, 1.807) is 42.4 Å². The summed E-state index contributed by atoms with van der Waals surface area (Å²) in [7, 11) is 0. The van der Waals surface area contributed by atoms with Crippen LogP contribution in [0.2, 0.25) is 0 Å². The van der Waals surface area contributed by atoms with Crippen LogP contribution in [0.5, 0.6) is 5.75 Å². The van der Waals surface area contributed by atoms with Gasteiger partial charge in [-0.3, -0.25) is 9.36 Å². The van der Waals surface area contributed by atoms with Crippen molar-refractivity contribution in [3.63, 3.8) is 0 Å². The smallest absolute Gasteiger partial charge is 0.251 e. The standard InChI is InChI=1S/C20H17N5O2S/c26-20(16-2-1-3-18(9-16)27-11-17-12-28-14-24-17)23-10-15-4-5-22-19(8-15)25-7-6-21-13-25/h1-9,12-14H,10-11H2,(H,23,26). The SMILES string of the molecule is O=C(NCc1ccnc(-n2ccnc2)c1)c1cccc(OCc2cscn2)c1. The first-order valence-corrected chi connectivity index (χ1v) is 9.53. The second kappa shape index (κ2) is 8.45. The summed E-state index contributed by atoms with van der Waals surface area (Å²) >= 11 is 1.52. The van der Waals surface area contributed by atoms with E-state index < -0.39 is 0 Å². The van der Waals surface area contributed by atoms with Crippen LogP contribution in [0.1, 0.15) is 21.6 Å². The lowest BCUT2D eigenvalue weighted by Crippen LogP contribution is -2.22. The van der Waals surface area contributed by atoms with Crippen molar-refractivity contribution in [1.82, 2.24) is 24.8 Å². The summed E-state index contributed by atoms with van der Waals surface area (Å²) in [4.78, 5) is 25.0. The summed E-state index contributed by atoms with van der Waals surface area (Å²) in [5.74, 6) is 1.22. The lowest BCUT2D eigenvalue weighted by Gasteiger charge is -2.09. The molecule has 0 saturated carbocycles. The molecule has 28 heavy (non-hydrogen) atoms. The average molecular weight is 391 g/mol. The number of benzene rings is 1. The van der Waals surface area contributed by atoms with Gasteiger partial charge in [-0.25, -0.2) is 15.0 Å². The Bertz CT molecular complexity index is 1050. The van der Waals surface area contributed by atoms with E-state index in [0.29, 0.717) is 24.5 Å². The summed E-state index contributed by atoms with van der Waals surface area (Å²) in [5.41, 5.74) is 4.12. The molecule has 0 fully saturated rings. The maximum atomic E-state index is 12.5. The van der Waals surface area contributed by atoms with Gasteiger partial charge in [0.2, 0.25) is 0 Å². The molecule has 7 nitrogen and oxygen atoms in total. The number of hydrogen-bond acceptors (Lipinski definition) is 6. The summed E-state index contributed by atoms with van der Waals surface area (Å²) in [5, 5.41) is 4.86. The Balaban J connectivity index is 1.37. The third-order valence-corrected chi connectivity index (χ3v) is 4.63. The van der Waals surface area contributed by atoms with Gasteiger partial charge in [0, 0.05) is 36.1 Å². The lowest BCUT2D eigenvalue weighted by atomic mass is 10.2. The highest BCUT2D eigenvalue weighted by Crippen LogP contribution is 2.16. The Morgan fingerprint density at radius 3 is 2.96 bits per heavy atom. The number of nitrogens with one attached hydrogen (secondary N) is 1. The van der Waals surface area contributed by atoms with E-state index in [4.69, 9.17) is 4.74 Å². The fourth-order valence-corrected chi connectivity index (χ4v) is 3.13. The monoisotopic (exact) mass is 391 g/mol. The molecular formula is C20H17N5O2S. The van der Waals surface area contributed by atoms with Crippen LogP contribution >= 0.6 is 11.3 Å². The van der Waals surface area contributed by atoms with Gasteiger partial charge < -0.3 is 10.1 Å². The van der Waals surface area contributed by atoms with Crippen molar-refractivity contribution in [2.45, 2.75) is 13.2 Å². The fourth-order valence-electron chi connectivity index (χ4n) is 2.58. The highest BCUT2D eigenvalue weighted by atomic mass is 32.1. The highest BCUT2D eigenvalue weighted by molar-refractivity contribution is 7.07. The number of ether oxygens (including phenoxy) is 1. The Hall–Kier alpha value is -3.52. The third-order valence-electron chi connectivity index (χ3n) is 4.00. The van der Waals surface area contributed by atoms with Gasteiger partial charge in [0.05, 0.1) is 11.2 Å². The van der Waals surface area contributed by atoms with Gasteiger partial charge in [0.15, 0.2) is 0 Å². The highest BCUT2D eigenvalue weighted by Gasteiger charge is 2.08. The summed E-state index contributed by atoms with van der Waals surface area (Å²) < 4.78 is 7.52. The number of hydrogen-bond donors (Lipinski definition) is 1. The van der Waals surface area contributed by atoms with Crippen LogP contribution < -0.4 is 10.1 Å². The number of carbonyl (C=O) groups is 1. The maximum Gasteiger partial charge on any atom is 0.251 e. The van der Waals surface area contributed by atoms with E-state index in [1.807, 2.05) is 34.3 Å². The number of aromatic nitrogens is 4. The average Bonchev–Trinajstić information content (AvgIpc) is 3.45. The molecule has 0 aliphatic rings. The molecular weight excluding hydrogens is 374 g/mol. The second-order valence-corrected chi connectivity index (χ2v) is 6.69. The number of amides is 1. The van der Waals surface area contributed by atoms with Crippen LogP contribution in [0, 0.1) is 0 Å². The molecule has 0 spiro atoms. The van der Waals surface area contributed by atoms with Crippen molar-refractivity contribution in [2.24, 2.45) is 0 Å². The van der Waals surface area contributed by atoms with E-state index in [1.165, 1.54) is 11.3 Å². The van der Waals surface area contributed by atoms with Gasteiger partial charge in [-0.1, -0.05) is 6.07 Å². The van der Waals surface area contributed by atoms with Crippen LogP contribution in [0.15, 0.2) is 72.2 Å². The van der Waals surface area contributed by atoms with Gasteiger partial charge >= 0.3 is 0 Å². The Kier molecular flexibility index (Phi) is 5.39. The van der Waals surface area contributed by atoms with Crippen molar-refractivity contribution in [3.8, 4) is 11.6 Å². The van der Waals surface area contributed by atoms with Gasteiger partial charge in [-0.15, -0.1) is 11.3 Å². The molecule has 8 heteroatoms. The minimum absolute atomic E-state index is 0.167. The first kappa shape index (κ1) is 17.9. The molecule has 140 valence electrons. The van der Waals surface area contributed by atoms with Crippen molar-refractivity contribution < 1.29 is 9.53 Å². The molecule has 1 aromatic carbocycles. The topological polar surface area (TPSA) is 81.9 Å². The Morgan fingerprint density at radius 2 is 2.14 bits per heavy atom. The predicted molar refractivity (Wildman–Crippen MR) is 105 cm³/mol. The van der Waals surface area contributed by atoms with Crippen molar-refractivity contribution in [1.29, 1.82) is 0 Å². The lowest BCUT2D eigenvalue weighted by molar-refractivity contribution is 0.0950. The van der Waals surface area contributed by atoms with Crippen molar-refractivity contribution in [3.05, 3.63) is 89.0 Å². The van der Waals surface area contributed by atoms with Crippen molar-refractivity contribution >= 4 is 17.2 Å². The molecule has 0 atom stereocenters. The van der Waals surface area contributed by atoms with Crippen LogP contribution in [0.4, 0.5) is 0 Å².